The molecule has 2 N–H and O–H groups in total. The van der Waals surface area contributed by atoms with Crippen LogP contribution in [0.15, 0.2) is 36.4 Å². The van der Waals surface area contributed by atoms with Gasteiger partial charge in [-0.2, -0.15) is 0 Å². The maximum atomic E-state index is 13.3. The van der Waals surface area contributed by atoms with Gasteiger partial charge in [-0.15, -0.1) is 0 Å². The van der Waals surface area contributed by atoms with Crippen LogP contribution in [0.4, 0.5) is 8.78 Å². The molecule has 20 heavy (non-hydrogen) atoms. The van der Waals surface area contributed by atoms with E-state index >= 15 is 0 Å². The molecule has 2 atom stereocenters. The Balaban J connectivity index is 1.96. The molecule has 0 aliphatic carbocycles. The third-order valence-electron chi connectivity index (χ3n) is 3.43. The molecule has 0 spiro atoms. The van der Waals surface area contributed by atoms with Crippen LogP contribution in [0.25, 0.3) is 0 Å². The van der Waals surface area contributed by atoms with E-state index in [1.54, 1.807) is 12.1 Å². The third kappa shape index (κ3) is 2.37. The first-order valence-electron chi connectivity index (χ1n) is 6.21. The smallest absolute Gasteiger partial charge is 0.141 e. The lowest BCUT2D eigenvalue weighted by atomic mass is 9.93. The fourth-order valence-corrected chi connectivity index (χ4v) is 2.58. The predicted octanol–water partition coefficient (Wildman–Crippen LogP) is 4.14. The molecule has 0 fully saturated rings. The monoisotopic (exact) mass is 295 g/mol. The first kappa shape index (κ1) is 13.3. The summed E-state index contributed by atoms with van der Waals surface area (Å²) in [6.07, 6.45) is 0.165. The van der Waals surface area contributed by atoms with Gasteiger partial charge in [0.2, 0.25) is 0 Å². The van der Waals surface area contributed by atoms with Crippen LogP contribution in [0.5, 0.6) is 5.75 Å². The highest BCUT2D eigenvalue weighted by Crippen LogP contribution is 2.40. The Morgan fingerprint density at radius 3 is 2.70 bits per heavy atom. The van der Waals surface area contributed by atoms with Gasteiger partial charge in [-0.25, -0.2) is 8.78 Å². The molecular formula is C15H12ClF2NO. The van der Waals surface area contributed by atoms with Gasteiger partial charge >= 0.3 is 0 Å². The number of hydrogen-bond acceptors (Lipinski definition) is 2. The molecule has 104 valence electrons. The minimum absolute atomic E-state index is 0.0321. The van der Waals surface area contributed by atoms with Gasteiger partial charge in [0, 0.05) is 24.1 Å². The second kappa shape index (κ2) is 5.04. The lowest BCUT2D eigenvalue weighted by molar-refractivity contribution is 0.160. The molecule has 0 saturated carbocycles. The maximum Gasteiger partial charge on any atom is 0.141 e. The van der Waals surface area contributed by atoms with Crippen LogP contribution >= 0.6 is 11.6 Å². The largest absolute Gasteiger partial charge is 0.485 e. The summed E-state index contributed by atoms with van der Waals surface area (Å²) >= 11 is 5.77. The van der Waals surface area contributed by atoms with Crippen molar-refractivity contribution in [2.75, 3.05) is 0 Å². The van der Waals surface area contributed by atoms with Gasteiger partial charge < -0.3 is 10.5 Å². The summed E-state index contributed by atoms with van der Waals surface area (Å²) in [6, 6.07) is 8.44. The Kier molecular flexibility index (Phi) is 3.36. The van der Waals surface area contributed by atoms with E-state index in [-0.39, 0.29) is 23.0 Å². The van der Waals surface area contributed by atoms with E-state index in [0.29, 0.717) is 12.2 Å². The summed E-state index contributed by atoms with van der Waals surface area (Å²) in [5, 5.41) is 0.0321. The van der Waals surface area contributed by atoms with Crippen molar-refractivity contribution in [3.05, 3.63) is 64.2 Å². The molecule has 3 rings (SSSR count). The van der Waals surface area contributed by atoms with E-state index in [9.17, 15) is 8.78 Å². The summed E-state index contributed by atoms with van der Waals surface area (Å²) in [4.78, 5) is 0. The first-order chi connectivity index (χ1) is 9.54. The summed E-state index contributed by atoms with van der Waals surface area (Å²) in [6.45, 7) is 0. The summed E-state index contributed by atoms with van der Waals surface area (Å²) in [5.74, 6) is -0.440. The highest BCUT2D eigenvalue weighted by Gasteiger charge is 2.27. The average molecular weight is 296 g/mol. The van der Waals surface area contributed by atoms with Crippen molar-refractivity contribution in [3.63, 3.8) is 0 Å². The molecule has 0 radical (unpaired) electrons. The molecule has 0 aromatic heterocycles. The van der Waals surface area contributed by atoms with Crippen LogP contribution < -0.4 is 10.5 Å². The minimum atomic E-state index is -0.484. The molecule has 0 saturated heterocycles. The normalized spacial score (nSPS) is 21.2. The van der Waals surface area contributed by atoms with Gasteiger partial charge in [-0.3, -0.25) is 0 Å². The van der Waals surface area contributed by atoms with Gasteiger partial charge in [0.1, 0.15) is 23.5 Å². The van der Waals surface area contributed by atoms with Crippen molar-refractivity contribution < 1.29 is 13.5 Å². The van der Waals surface area contributed by atoms with Crippen LogP contribution in [0.1, 0.15) is 29.7 Å². The van der Waals surface area contributed by atoms with Gasteiger partial charge in [-0.05, 0) is 23.8 Å². The van der Waals surface area contributed by atoms with E-state index in [4.69, 9.17) is 22.1 Å². The predicted molar refractivity (Wildman–Crippen MR) is 72.7 cm³/mol. The molecule has 2 aromatic rings. The number of nitrogens with two attached hydrogens (primary N) is 1. The SMILES string of the molecule is NC1CC(c2ccc(F)c(Cl)c2)Oc2cc(F)ccc21. The Labute approximate surface area is 120 Å². The molecule has 5 heteroatoms. The van der Waals surface area contributed by atoms with Crippen LogP contribution in [0.3, 0.4) is 0 Å². The van der Waals surface area contributed by atoms with E-state index < -0.39 is 5.82 Å². The number of ether oxygens (including phenoxy) is 1. The van der Waals surface area contributed by atoms with Crippen molar-refractivity contribution >= 4 is 11.6 Å². The number of rotatable bonds is 1. The van der Waals surface area contributed by atoms with Gasteiger partial charge in [-0.1, -0.05) is 23.7 Å². The van der Waals surface area contributed by atoms with Crippen molar-refractivity contribution in [1.29, 1.82) is 0 Å². The standard InChI is InChI=1S/C15H12ClF2NO/c16-11-5-8(1-4-12(11)18)14-7-13(19)10-3-2-9(17)6-15(10)20-14/h1-6,13-14H,7,19H2. The highest BCUT2D eigenvalue weighted by molar-refractivity contribution is 6.30. The molecule has 2 nitrogen and oxygen atoms in total. The van der Waals surface area contributed by atoms with E-state index in [2.05, 4.69) is 0 Å². The molecular weight excluding hydrogens is 284 g/mol. The third-order valence-corrected chi connectivity index (χ3v) is 3.72. The highest BCUT2D eigenvalue weighted by atomic mass is 35.5. The van der Waals surface area contributed by atoms with Crippen molar-refractivity contribution in [3.8, 4) is 5.75 Å². The Morgan fingerprint density at radius 2 is 1.95 bits per heavy atom. The van der Waals surface area contributed by atoms with Gasteiger partial charge in [0.05, 0.1) is 5.02 Å². The zero-order chi connectivity index (χ0) is 14.3. The maximum absolute atomic E-state index is 13.3. The molecule has 2 aromatic carbocycles. The van der Waals surface area contributed by atoms with Crippen LogP contribution in [-0.2, 0) is 0 Å². The fourth-order valence-electron chi connectivity index (χ4n) is 2.39. The number of fused-ring (bicyclic) bond motifs is 1. The van der Waals surface area contributed by atoms with Crippen LogP contribution in [0.2, 0.25) is 5.02 Å². The van der Waals surface area contributed by atoms with Crippen molar-refractivity contribution in [1.82, 2.24) is 0 Å². The summed E-state index contributed by atoms with van der Waals surface area (Å²) in [5.41, 5.74) is 7.58. The van der Waals surface area contributed by atoms with Gasteiger partial charge in [0.15, 0.2) is 0 Å². The molecule has 1 heterocycles. The number of halogens is 3. The quantitative estimate of drug-likeness (QED) is 0.858. The fraction of sp³-hybridized carbons (Fsp3) is 0.200. The second-order valence-corrected chi connectivity index (χ2v) is 5.21. The molecule has 2 unspecified atom stereocenters. The minimum Gasteiger partial charge on any atom is -0.485 e. The van der Waals surface area contributed by atoms with Crippen molar-refractivity contribution in [2.45, 2.75) is 18.6 Å². The molecule has 0 bridgehead atoms. The summed E-state index contributed by atoms with van der Waals surface area (Å²) < 4.78 is 32.2. The van der Waals surface area contributed by atoms with Crippen molar-refractivity contribution in [2.24, 2.45) is 5.73 Å². The molecule has 1 aliphatic rings. The Bertz CT molecular complexity index is 662. The summed E-state index contributed by atoms with van der Waals surface area (Å²) in [7, 11) is 0. The Morgan fingerprint density at radius 1 is 1.15 bits per heavy atom. The van der Waals surface area contributed by atoms with Crippen LogP contribution in [0, 0.1) is 11.6 Å². The van der Waals surface area contributed by atoms with E-state index in [0.717, 1.165) is 11.1 Å². The molecule has 1 aliphatic heterocycles. The lowest BCUT2D eigenvalue weighted by Gasteiger charge is -2.30. The van der Waals surface area contributed by atoms with Crippen LogP contribution in [-0.4, -0.2) is 0 Å². The zero-order valence-corrected chi connectivity index (χ0v) is 11.2. The zero-order valence-electron chi connectivity index (χ0n) is 10.4. The number of hydrogen-bond donors (Lipinski definition) is 1. The first-order valence-corrected chi connectivity index (χ1v) is 6.59. The molecule has 0 amide bonds. The average Bonchev–Trinajstić information content (AvgIpc) is 2.41. The van der Waals surface area contributed by atoms with Gasteiger partial charge in [0.25, 0.3) is 0 Å². The lowest BCUT2D eigenvalue weighted by Crippen LogP contribution is -2.24. The second-order valence-electron chi connectivity index (χ2n) is 4.80. The number of benzene rings is 2. The topological polar surface area (TPSA) is 35.2 Å². The Hall–Kier alpha value is -1.65. The van der Waals surface area contributed by atoms with E-state index in [1.807, 2.05) is 0 Å². The van der Waals surface area contributed by atoms with E-state index in [1.165, 1.54) is 24.3 Å².